The second kappa shape index (κ2) is 5.56. The van der Waals surface area contributed by atoms with Gasteiger partial charge in [-0.2, -0.15) is 0 Å². The molecule has 2 heterocycles. The maximum atomic E-state index is 11.1. The third kappa shape index (κ3) is 2.61. The first-order chi connectivity index (χ1) is 10.2. The zero-order chi connectivity index (χ0) is 14.8. The Labute approximate surface area is 124 Å². The number of carboxylic acids is 1. The van der Waals surface area contributed by atoms with E-state index in [4.69, 9.17) is 5.11 Å². The van der Waals surface area contributed by atoms with Gasteiger partial charge >= 0.3 is 5.97 Å². The number of hydrogen-bond donors (Lipinski definition) is 1. The number of aryl methyl sites for hydroxylation is 2. The number of fused-ring (bicyclic) bond motifs is 1. The van der Waals surface area contributed by atoms with Gasteiger partial charge in [-0.25, -0.2) is 9.78 Å². The molecule has 4 heteroatoms. The lowest BCUT2D eigenvalue weighted by molar-refractivity contribution is 0.0695. The minimum Gasteiger partial charge on any atom is -0.478 e. The van der Waals surface area contributed by atoms with Crippen LogP contribution in [0.1, 0.15) is 34.5 Å². The number of para-hydroxylation sites is 1. The van der Waals surface area contributed by atoms with Gasteiger partial charge in [-0.3, -0.25) is 0 Å². The molecule has 3 rings (SSSR count). The van der Waals surface area contributed by atoms with Crippen molar-refractivity contribution in [2.24, 2.45) is 0 Å². The topological polar surface area (TPSA) is 53.4 Å². The van der Waals surface area contributed by atoms with E-state index in [-0.39, 0.29) is 5.56 Å². The molecule has 1 aliphatic rings. The predicted octanol–water partition coefficient (Wildman–Crippen LogP) is 3.56. The average molecular weight is 282 g/mol. The monoisotopic (exact) mass is 282 g/mol. The molecular weight excluding hydrogens is 264 g/mol. The molecule has 0 amide bonds. The fourth-order valence-corrected chi connectivity index (χ4v) is 2.85. The van der Waals surface area contributed by atoms with E-state index in [1.807, 2.05) is 6.07 Å². The first-order valence-electron chi connectivity index (χ1n) is 7.23. The number of aromatic nitrogens is 1. The number of pyridine rings is 1. The molecule has 1 aliphatic heterocycles. The molecule has 1 aromatic carbocycles. The highest BCUT2D eigenvalue weighted by atomic mass is 16.4. The summed E-state index contributed by atoms with van der Waals surface area (Å²) in [5.74, 6) is -0.102. The lowest BCUT2D eigenvalue weighted by atomic mass is 10.1. The lowest BCUT2D eigenvalue weighted by Crippen LogP contribution is -2.20. The number of benzene rings is 1. The second-order valence-corrected chi connectivity index (χ2v) is 5.35. The number of rotatable bonds is 2. The van der Waals surface area contributed by atoms with Crippen molar-refractivity contribution in [1.82, 2.24) is 4.98 Å². The Balaban J connectivity index is 2.04. The van der Waals surface area contributed by atoms with Gasteiger partial charge in [0.25, 0.3) is 0 Å². The SMILES string of the molecule is Cc1nc(N2CCCCc3ccccc32)ccc1C(=O)O. The smallest absolute Gasteiger partial charge is 0.337 e. The van der Waals surface area contributed by atoms with Gasteiger partial charge in [0.15, 0.2) is 0 Å². The van der Waals surface area contributed by atoms with Crippen LogP contribution in [0.4, 0.5) is 11.5 Å². The number of nitrogens with zero attached hydrogens (tertiary/aromatic N) is 2. The summed E-state index contributed by atoms with van der Waals surface area (Å²) >= 11 is 0. The molecule has 1 aromatic heterocycles. The minimum atomic E-state index is -0.928. The molecule has 0 saturated heterocycles. The fraction of sp³-hybridized carbons (Fsp3) is 0.294. The van der Waals surface area contributed by atoms with Crippen molar-refractivity contribution in [2.75, 3.05) is 11.4 Å². The van der Waals surface area contributed by atoms with Crippen LogP contribution in [0, 0.1) is 6.92 Å². The molecule has 1 N–H and O–H groups in total. The van der Waals surface area contributed by atoms with Gasteiger partial charge in [-0.05, 0) is 49.9 Å². The summed E-state index contributed by atoms with van der Waals surface area (Å²) in [5, 5.41) is 9.12. The Morgan fingerprint density at radius 3 is 2.76 bits per heavy atom. The maximum Gasteiger partial charge on any atom is 0.337 e. The van der Waals surface area contributed by atoms with Crippen LogP contribution in [0.25, 0.3) is 0 Å². The molecule has 0 fully saturated rings. The molecule has 0 spiro atoms. The van der Waals surface area contributed by atoms with Crippen molar-refractivity contribution in [3.8, 4) is 0 Å². The third-order valence-electron chi connectivity index (χ3n) is 3.94. The molecule has 0 saturated carbocycles. The van der Waals surface area contributed by atoms with E-state index >= 15 is 0 Å². The third-order valence-corrected chi connectivity index (χ3v) is 3.94. The van der Waals surface area contributed by atoms with Crippen molar-refractivity contribution in [3.05, 3.63) is 53.2 Å². The van der Waals surface area contributed by atoms with Gasteiger partial charge in [0.1, 0.15) is 5.82 Å². The van der Waals surface area contributed by atoms with Gasteiger partial charge in [0.2, 0.25) is 0 Å². The standard InChI is InChI=1S/C17H18N2O2/c1-12-14(17(20)21)9-10-16(18-12)19-11-5-4-7-13-6-2-3-8-15(13)19/h2-3,6,8-10H,4-5,7,11H2,1H3,(H,20,21). The van der Waals surface area contributed by atoms with E-state index in [1.165, 1.54) is 17.7 Å². The number of carbonyl (C=O) groups is 1. The second-order valence-electron chi connectivity index (χ2n) is 5.35. The van der Waals surface area contributed by atoms with Gasteiger partial charge in [0, 0.05) is 12.2 Å². The van der Waals surface area contributed by atoms with Crippen LogP contribution in [-0.4, -0.2) is 22.6 Å². The van der Waals surface area contributed by atoms with E-state index in [2.05, 4.69) is 28.1 Å². The molecule has 2 aromatic rings. The Kier molecular flexibility index (Phi) is 3.60. The van der Waals surface area contributed by atoms with Crippen LogP contribution in [-0.2, 0) is 6.42 Å². The highest BCUT2D eigenvalue weighted by Crippen LogP contribution is 2.31. The quantitative estimate of drug-likeness (QED) is 0.915. The molecule has 0 bridgehead atoms. The Hall–Kier alpha value is -2.36. The van der Waals surface area contributed by atoms with E-state index in [9.17, 15) is 4.79 Å². The normalized spacial score (nSPS) is 14.4. The van der Waals surface area contributed by atoms with Crippen molar-refractivity contribution in [1.29, 1.82) is 0 Å². The molecule has 0 unspecified atom stereocenters. The van der Waals surface area contributed by atoms with E-state index in [1.54, 1.807) is 19.1 Å². The molecule has 0 aliphatic carbocycles. The molecule has 108 valence electrons. The fourth-order valence-electron chi connectivity index (χ4n) is 2.85. The van der Waals surface area contributed by atoms with Crippen LogP contribution in [0.2, 0.25) is 0 Å². The van der Waals surface area contributed by atoms with Crippen molar-refractivity contribution < 1.29 is 9.90 Å². The lowest BCUT2D eigenvalue weighted by Gasteiger charge is -2.24. The number of hydrogen-bond acceptors (Lipinski definition) is 3. The molecule has 0 radical (unpaired) electrons. The van der Waals surface area contributed by atoms with Gasteiger partial charge < -0.3 is 10.0 Å². The van der Waals surface area contributed by atoms with E-state index in [0.717, 1.165) is 25.2 Å². The minimum absolute atomic E-state index is 0.266. The number of carboxylic acid groups (broad SMARTS) is 1. The maximum absolute atomic E-state index is 11.1. The van der Waals surface area contributed by atoms with Crippen LogP contribution in [0.15, 0.2) is 36.4 Å². The van der Waals surface area contributed by atoms with Gasteiger partial charge in [-0.1, -0.05) is 18.2 Å². The summed E-state index contributed by atoms with van der Waals surface area (Å²) < 4.78 is 0. The van der Waals surface area contributed by atoms with Gasteiger partial charge in [-0.15, -0.1) is 0 Å². The predicted molar refractivity (Wildman–Crippen MR) is 82.3 cm³/mol. The Morgan fingerprint density at radius 2 is 2.00 bits per heavy atom. The molecule has 4 nitrogen and oxygen atoms in total. The summed E-state index contributed by atoms with van der Waals surface area (Å²) in [4.78, 5) is 17.8. The summed E-state index contributed by atoms with van der Waals surface area (Å²) in [6.07, 6.45) is 3.36. The van der Waals surface area contributed by atoms with Crippen molar-refractivity contribution in [2.45, 2.75) is 26.2 Å². The van der Waals surface area contributed by atoms with E-state index in [0.29, 0.717) is 5.69 Å². The Morgan fingerprint density at radius 1 is 1.19 bits per heavy atom. The Bertz CT molecular complexity index is 682. The van der Waals surface area contributed by atoms with Crippen LogP contribution >= 0.6 is 0 Å². The van der Waals surface area contributed by atoms with Crippen LogP contribution < -0.4 is 4.90 Å². The largest absolute Gasteiger partial charge is 0.478 e. The summed E-state index contributed by atoms with van der Waals surface area (Å²) in [5.41, 5.74) is 3.34. The number of aromatic carboxylic acids is 1. The summed E-state index contributed by atoms with van der Waals surface area (Å²) in [6, 6.07) is 11.8. The van der Waals surface area contributed by atoms with E-state index < -0.39 is 5.97 Å². The van der Waals surface area contributed by atoms with Crippen LogP contribution in [0.5, 0.6) is 0 Å². The summed E-state index contributed by atoms with van der Waals surface area (Å²) in [7, 11) is 0. The molecular formula is C17H18N2O2. The summed E-state index contributed by atoms with van der Waals surface area (Å²) in [6.45, 7) is 2.66. The highest BCUT2D eigenvalue weighted by Gasteiger charge is 2.18. The highest BCUT2D eigenvalue weighted by molar-refractivity contribution is 5.89. The van der Waals surface area contributed by atoms with Crippen molar-refractivity contribution in [3.63, 3.8) is 0 Å². The van der Waals surface area contributed by atoms with Crippen LogP contribution in [0.3, 0.4) is 0 Å². The first kappa shape index (κ1) is 13.6. The van der Waals surface area contributed by atoms with Crippen molar-refractivity contribution >= 4 is 17.5 Å². The van der Waals surface area contributed by atoms with Gasteiger partial charge in [0.05, 0.1) is 11.3 Å². The number of anilines is 2. The molecule has 21 heavy (non-hydrogen) atoms. The average Bonchev–Trinajstić information content (AvgIpc) is 2.69. The zero-order valence-corrected chi connectivity index (χ0v) is 12.0. The zero-order valence-electron chi connectivity index (χ0n) is 12.0. The first-order valence-corrected chi connectivity index (χ1v) is 7.23. The molecule has 0 atom stereocenters.